The minimum absolute atomic E-state index is 0.0976. The molecule has 0 radical (unpaired) electrons. The number of ketones is 1. The second-order valence-corrected chi connectivity index (χ2v) is 9.92. The molecule has 0 spiro atoms. The number of ether oxygens (including phenoxy) is 1. The van der Waals surface area contributed by atoms with Crippen molar-refractivity contribution in [1.82, 2.24) is 0 Å². The van der Waals surface area contributed by atoms with E-state index in [4.69, 9.17) is 9.15 Å². The molecule has 4 rings (SSSR count). The largest absolute Gasteiger partial charge is 0.493 e. The fourth-order valence-electron chi connectivity index (χ4n) is 6.01. The molecule has 2 aliphatic carbocycles. The Morgan fingerprint density at radius 1 is 1.10 bits per heavy atom. The number of carbonyl (C=O) groups is 1. The van der Waals surface area contributed by atoms with Crippen molar-refractivity contribution in [2.45, 2.75) is 59.0 Å². The molecule has 0 unspecified atom stereocenters. The van der Waals surface area contributed by atoms with Gasteiger partial charge in [0.25, 0.3) is 0 Å². The number of hydrogen-bond acceptors (Lipinski definition) is 5. The van der Waals surface area contributed by atoms with Gasteiger partial charge in [0.15, 0.2) is 0 Å². The van der Waals surface area contributed by atoms with E-state index in [2.05, 4.69) is 20.8 Å². The molecule has 1 N–H and O–H groups in total. The zero-order chi connectivity index (χ0) is 21.0. The van der Waals surface area contributed by atoms with Crippen molar-refractivity contribution in [3.63, 3.8) is 0 Å². The summed E-state index contributed by atoms with van der Waals surface area (Å²) in [6, 6.07) is 8.56. The molecule has 2 saturated carbocycles. The summed E-state index contributed by atoms with van der Waals surface area (Å²) in [4.78, 5) is 24.1. The SMILES string of the molecule is CC1(C)C(=O)CC[C@@]2(C)[C@@H](COc3ccc4ccc(=O)oc4c3)[C@](C)(O)CC[C@@H]12. The highest BCUT2D eigenvalue weighted by Crippen LogP contribution is 2.60. The number of rotatable bonds is 3. The highest BCUT2D eigenvalue weighted by atomic mass is 16.5. The maximum atomic E-state index is 12.6. The predicted molar refractivity (Wildman–Crippen MR) is 111 cm³/mol. The van der Waals surface area contributed by atoms with Crippen LogP contribution in [0.4, 0.5) is 0 Å². The number of benzene rings is 1. The van der Waals surface area contributed by atoms with E-state index in [1.54, 1.807) is 12.1 Å². The second-order valence-electron chi connectivity index (χ2n) is 9.92. The van der Waals surface area contributed by atoms with Crippen molar-refractivity contribution in [3.05, 3.63) is 40.8 Å². The molecule has 156 valence electrons. The molecule has 2 aliphatic rings. The lowest BCUT2D eigenvalue weighted by molar-refractivity contribution is -0.182. The fourth-order valence-corrected chi connectivity index (χ4v) is 6.01. The Morgan fingerprint density at radius 3 is 2.59 bits per heavy atom. The summed E-state index contributed by atoms with van der Waals surface area (Å²) in [5, 5.41) is 12.1. The van der Waals surface area contributed by atoms with Gasteiger partial charge in [-0.05, 0) is 55.7 Å². The molecule has 1 heterocycles. The van der Waals surface area contributed by atoms with E-state index in [1.165, 1.54) is 6.07 Å². The molecular formula is C24H30O5. The van der Waals surface area contributed by atoms with E-state index < -0.39 is 11.2 Å². The molecule has 0 aliphatic heterocycles. The van der Waals surface area contributed by atoms with Gasteiger partial charge < -0.3 is 14.3 Å². The molecule has 2 aromatic rings. The lowest BCUT2D eigenvalue weighted by Crippen LogP contribution is -2.61. The van der Waals surface area contributed by atoms with Gasteiger partial charge in [0, 0.05) is 35.3 Å². The minimum Gasteiger partial charge on any atom is -0.493 e. The molecule has 0 amide bonds. The summed E-state index contributed by atoms with van der Waals surface area (Å²) in [5.74, 6) is 1.06. The second kappa shape index (κ2) is 6.69. The van der Waals surface area contributed by atoms with Gasteiger partial charge in [0.05, 0.1) is 12.2 Å². The third-order valence-corrected chi connectivity index (χ3v) is 7.77. The van der Waals surface area contributed by atoms with Crippen LogP contribution in [0.15, 0.2) is 39.5 Å². The van der Waals surface area contributed by atoms with Crippen LogP contribution in [-0.4, -0.2) is 23.1 Å². The van der Waals surface area contributed by atoms with E-state index in [9.17, 15) is 14.7 Å². The Kier molecular flexibility index (Phi) is 4.65. The summed E-state index contributed by atoms with van der Waals surface area (Å²) >= 11 is 0. The summed E-state index contributed by atoms with van der Waals surface area (Å²) in [7, 11) is 0. The van der Waals surface area contributed by atoms with Crippen molar-refractivity contribution in [1.29, 1.82) is 0 Å². The topological polar surface area (TPSA) is 76.7 Å². The minimum atomic E-state index is -0.856. The summed E-state index contributed by atoms with van der Waals surface area (Å²) in [6.45, 7) is 8.58. The van der Waals surface area contributed by atoms with Gasteiger partial charge in [-0.15, -0.1) is 0 Å². The molecule has 4 atom stereocenters. The first-order valence-electron chi connectivity index (χ1n) is 10.5. The molecule has 1 aromatic carbocycles. The van der Waals surface area contributed by atoms with Gasteiger partial charge in [-0.25, -0.2) is 4.79 Å². The van der Waals surface area contributed by atoms with Gasteiger partial charge >= 0.3 is 5.63 Å². The van der Waals surface area contributed by atoms with Crippen LogP contribution < -0.4 is 10.4 Å². The van der Waals surface area contributed by atoms with E-state index >= 15 is 0 Å². The monoisotopic (exact) mass is 398 g/mol. The number of hydrogen-bond donors (Lipinski definition) is 1. The molecule has 0 saturated heterocycles. The summed E-state index contributed by atoms with van der Waals surface area (Å²) in [5.41, 5.74) is -1.32. The van der Waals surface area contributed by atoms with Crippen LogP contribution in [0.3, 0.4) is 0 Å². The number of fused-ring (bicyclic) bond motifs is 2. The smallest absolute Gasteiger partial charge is 0.336 e. The Morgan fingerprint density at radius 2 is 1.83 bits per heavy atom. The molecule has 0 bridgehead atoms. The predicted octanol–water partition coefficient (Wildman–Crippen LogP) is 4.34. The maximum Gasteiger partial charge on any atom is 0.336 e. The van der Waals surface area contributed by atoms with Crippen molar-refractivity contribution in [2.75, 3.05) is 6.61 Å². The summed E-state index contributed by atoms with van der Waals surface area (Å²) in [6.07, 6.45) is 2.83. The van der Waals surface area contributed by atoms with Gasteiger partial charge in [0.2, 0.25) is 0 Å². The maximum absolute atomic E-state index is 12.6. The van der Waals surface area contributed by atoms with Crippen LogP contribution >= 0.6 is 0 Å². The van der Waals surface area contributed by atoms with Crippen LogP contribution in [0, 0.1) is 22.7 Å². The third kappa shape index (κ3) is 3.29. The van der Waals surface area contributed by atoms with Gasteiger partial charge in [-0.1, -0.05) is 20.8 Å². The molecular weight excluding hydrogens is 368 g/mol. The van der Waals surface area contributed by atoms with Gasteiger partial charge in [-0.2, -0.15) is 0 Å². The molecule has 29 heavy (non-hydrogen) atoms. The molecule has 2 fully saturated rings. The Labute approximate surface area is 171 Å². The zero-order valence-corrected chi connectivity index (χ0v) is 17.7. The average molecular weight is 398 g/mol. The van der Waals surface area contributed by atoms with Crippen LogP contribution in [0.5, 0.6) is 5.75 Å². The quantitative estimate of drug-likeness (QED) is 0.778. The van der Waals surface area contributed by atoms with E-state index in [1.807, 2.05) is 19.1 Å². The first-order chi connectivity index (χ1) is 13.5. The van der Waals surface area contributed by atoms with Gasteiger partial charge in [0.1, 0.15) is 17.1 Å². The lowest BCUT2D eigenvalue weighted by Gasteiger charge is -2.60. The first-order valence-corrected chi connectivity index (χ1v) is 10.5. The van der Waals surface area contributed by atoms with E-state index in [-0.39, 0.29) is 22.7 Å². The van der Waals surface area contributed by atoms with E-state index in [0.29, 0.717) is 36.6 Å². The van der Waals surface area contributed by atoms with E-state index in [0.717, 1.165) is 18.2 Å². The fraction of sp³-hybridized carbons (Fsp3) is 0.583. The summed E-state index contributed by atoms with van der Waals surface area (Å²) < 4.78 is 11.4. The standard InChI is InChI=1S/C24H30O5/c1-22(2)18-9-12-24(4,27)19(23(18,3)11-10-20(22)25)14-28-16-7-5-15-6-8-21(26)29-17(15)13-16/h5-8,13,18-19,27H,9-12,14H2,1-4H3/t18-,19+,23+,24+/m0/s1. The number of carbonyl (C=O) groups excluding carboxylic acids is 1. The zero-order valence-electron chi connectivity index (χ0n) is 17.7. The van der Waals surface area contributed by atoms with Gasteiger partial charge in [-0.3, -0.25) is 4.79 Å². The average Bonchev–Trinajstić information content (AvgIpc) is 2.64. The van der Waals surface area contributed by atoms with Crippen molar-refractivity contribution in [2.24, 2.45) is 22.7 Å². The molecule has 1 aromatic heterocycles. The van der Waals surface area contributed by atoms with Crippen LogP contribution in [-0.2, 0) is 4.79 Å². The van der Waals surface area contributed by atoms with Crippen molar-refractivity contribution >= 4 is 16.8 Å². The van der Waals surface area contributed by atoms with Crippen LogP contribution in [0.1, 0.15) is 53.4 Å². The highest BCUT2D eigenvalue weighted by Gasteiger charge is 2.60. The number of Topliss-reactive ketones (excluding diaryl/α,β-unsaturated/α-hetero) is 1. The normalized spacial score (nSPS) is 34.0. The third-order valence-electron chi connectivity index (χ3n) is 7.77. The Balaban J connectivity index is 1.62. The Bertz CT molecular complexity index is 1000. The van der Waals surface area contributed by atoms with Crippen molar-refractivity contribution in [3.8, 4) is 5.75 Å². The number of aliphatic hydroxyl groups is 1. The first kappa shape index (κ1) is 20.1. The lowest BCUT2D eigenvalue weighted by atomic mass is 9.45. The van der Waals surface area contributed by atoms with Crippen molar-refractivity contribution < 1.29 is 19.1 Å². The van der Waals surface area contributed by atoms with Crippen LogP contribution in [0.25, 0.3) is 11.0 Å². The molecule has 5 heteroatoms. The highest BCUT2D eigenvalue weighted by molar-refractivity contribution is 5.85. The molecule has 5 nitrogen and oxygen atoms in total. The van der Waals surface area contributed by atoms with Crippen LogP contribution in [0.2, 0.25) is 0 Å². The Hall–Kier alpha value is -2.14.